The minimum atomic E-state index is -0.310. The molecule has 94 valence electrons. The van der Waals surface area contributed by atoms with Gasteiger partial charge in [-0.2, -0.15) is 0 Å². The molecule has 0 heterocycles. The Morgan fingerprint density at radius 2 is 2.18 bits per heavy atom. The van der Waals surface area contributed by atoms with E-state index < -0.39 is 0 Å². The number of thioether (sulfide) groups is 1. The Morgan fingerprint density at radius 3 is 2.76 bits per heavy atom. The first kappa shape index (κ1) is 14.0. The first-order chi connectivity index (χ1) is 8.19. The second-order valence-electron chi connectivity index (χ2n) is 3.42. The van der Waals surface area contributed by atoms with Gasteiger partial charge in [0, 0.05) is 18.0 Å². The van der Waals surface area contributed by atoms with Crippen LogP contribution in [0.25, 0.3) is 0 Å². The first-order valence-electron chi connectivity index (χ1n) is 5.45. The van der Waals surface area contributed by atoms with Gasteiger partial charge in [0.1, 0.15) is 5.82 Å². The number of likely N-dealkylation sites (N-methyl/N-ethyl adjacent to an activating group) is 1. The van der Waals surface area contributed by atoms with Crippen LogP contribution in [0.3, 0.4) is 0 Å². The van der Waals surface area contributed by atoms with E-state index in [4.69, 9.17) is 5.11 Å². The third kappa shape index (κ3) is 4.36. The van der Waals surface area contributed by atoms with E-state index in [-0.39, 0.29) is 24.1 Å². The summed E-state index contributed by atoms with van der Waals surface area (Å²) in [5.74, 6) is -0.209. The van der Waals surface area contributed by atoms with E-state index in [1.807, 2.05) is 6.92 Å². The maximum Gasteiger partial charge on any atom is 0.233 e. The van der Waals surface area contributed by atoms with Crippen LogP contribution in [0.15, 0.2) is 29.2 Å². The highest BCUT2D eigenvalue weighted by molar-refractivity contribution is 8.00. The van der Waals surface area contributed by atoms with Gasteiger partial charge in [-0.15, -0.1) is 11.8 Å². The fraction of sp³-hybridized carbons (Fsp3) is 0.417. The Morgan fingerprint density at radius 1 is 1.47 bits per heavy atom. The maximum absolute atomic E-state index is 13.3. The average molecular weight is 257 g/mol. The maximum atomic E-state index is 13.3. The number of hydrogen-bond acceptors (Lipinski definition) is 3. The summed E-state index contributed by atoms with van der Waals surface area (Å²) in [5, 5.41) is 8.79. The largest absolute Gasteiger partial charge is 0.395 e. The molecular weight excluding hydrogens is 241 g/mol. The van der Waals surface area contributed by atoms with Gasteiger partial charge in [-0.05, 0) is 19.1 Å². The molecule has 0 atom stereocenters. The lowest BCUT2D eigenvalue weighted by Gasteiger charge is -2.19. The smallest absolute Gasteiger partial charge is 0.233 e. The fourth-order valence-corrected chi connectivity index (χ4v) is 2.21. The van der Waals surface area contributed by atoms with Crippen molar-refractivity contribution in [1.82, 2.24) is 4.90 Å². The topological polar surface area (TPSA) is 40.5 Å². The molecule has 0 bridgehead atoms. The summed E-state index contributed by atoms with van der Waals surface area (Å²) in [4.78, 5) is 13.7. The summed E-state index contributed by atoms with van der Waals surface area (Å²) in [6.07, 6.45) is 0. The highest BCUT2D eigenvalue weighted by Gasteiger charge is 2.12. The lowest BCUT2D eigenvalue weighted by molar-refractivity contribution is -0.128. The summed E-state index contributed by atoms with van der Waals surface area (Å²) >= 11 is 1.18. The lowest BCUT2D eigenvalue weighted by atomic mass is 10.3. The van der Waals surface area contributed by atoms with Crippen LogP contribution in [0.2, 0.25) is 0 Å². The molecule has 0 radical (unpaired) electrons. The van der Waals surface area contributed by atoms with Crippen LogP contribution in [-0.4, -0.2) is 41.4 Å². The van der Waals surface area contributed by atoms with Crippen LogP contribution in [-0.2, 0) is 4.79 Å². The van der Waals surface area contributed by atoms with Crippen molar-refractivity contribution in [3.05, 3.63) is 30.1 Å². The zero-order chi connectivity index (χ0) is 12.7. The normalized spacial score (nSPS) is 10.3. The third-order valence-corrected chi connectivity index (χ3v) is 3.33. The molecule has 1 aromatic carbocycles. The number of carbonyl (C=O) groups excluding carboxylic acids is 1. The van der Waals surface area contributed by atoms with E-state index in [0.717, 1.165) is 0 Å². The van der Waals surface area contributed by atoms with Crippen LogP contribution in [0.4, 0.5) is 4.39 Å². The highest BCUT2D eigenvalue weighted by atomic mass is 32.2. The zero-order valence-corrected chi connectivity index (χ0v) is 10.5. The van der Waals surface area contributed by atoms with Crippen LogP contribution in [0, 0.1) is 5.82 Å². The van der Waals surface area contributed by atoms with E-state index in [1.54, 1.807) is 23.1 Å². The molecule has 0 aliphatic heterocycles. The number of halogens is 1. The van der Waals surface area contributed by atoms with Crippen LogP contribution in [0.1, 0.15) is 6.92 Å². The van der Waals surface area contributed by atoms with E-state index in [9.17, 15) is 9.18 Å². The number of benzene rings is 1. The van der Waals surface area contributed by atoms with Crippen LogP contribution >= 0.6 is 11.8 Å². The van der Waals surface area contributed by atoms with Gasteiger partial charge in [0.05, 0.1) is 12.4 Å². The minimum Gasteiger partial charge on any atom is -0.395 e. The number of aliphatic hydroxyl groups excluding tert-OH is 1. The molecule has 0 aromatic heterocycles. The Hall–Kier alpha value is -1.07. The van der Waals surface area contributed by atoms with Gasteiger partial charge >= 0.3 is 0 Å². The lowest BCUT2D eigenvalue weighted by Crippen LogP contribution is -2.34. The monoisotopic (exact) mass is 257 g/mol. The number of carbonyl (C=O) groups is 1. The summed E-state index contributed by atoms with van der Waals surface area (Å²) in [6, 6.07) is 6.38. The number of rotatable bonds is 6. The van der Waals surface area contributed by atoms with Crippen LogP contribution in [0.5, 0.6) is 0 Å². The van der Waals surface area contributed by atoms with Gasteiger partial charge in [-0.3, -0.25) is 4.79 Å². The van der Waals surface area contributed by atoms with Gasteiger partial charge in [0.15, 0.2) is 0 Å². The van der Waals surface area contributed by atoms with Crippen molar-refractivity contribution < 1.29 is 14.3 Å². The Labute approximate surface area is 105 Å². The van der Waals surface area contributed by atoms with Crippen molar-refractivity contribution >= 4 is 17.7 Å². The molecular formula is C12H16FNO2S. The Bertz CT molecular complexity index is 373. The quantitative estimate of drug-likeness (QED) is 0.789. The highest BCUT2D eigenvalue weighted by Crippen LogP contribution is 2.21. The van der Waals surface area contributed by atoms with Crippen molar-refractivity contribution in [1.29, 1.82) is 0 Å². The number of aliphatic hydroxyl groups is 1. The molecule has 5 heteroatoms. The Balaban J connectivity index is 2.50. The summed E-state index contributed by atoms with van der Waals surface area (Å²) in [7, 11) is 0. The van der Waals surface area contributed by atoms with Crippen molar-refractivity contribution in [3.8, 4) is 0 Å². The van der Waals surface area contributed by atoms with Crippen molar-refractivity contribution in [2.45, 2.75) is 11.8 Å². The standard InChI is InChI=1S/C12H16FNO2S/c1-2-14(7-8-15)12(16)9-17-11-6-4-3-5-10(11)13/h3-6,15H,2,7-9H2,1H3. The number of amides is 1. The molecule has 0 aliphatic carbocycles. The minimum absolute atomic E-state index is 0.0516. The van der Waals surface area contributed by atoms with E-state index >= 15 is 0 Å². The molecule has 0 saturated carbocycles. The molecule has 1 amide bonds. The van der Waals surface area contributed by atoms with E-state index in [1.165, 1.54) is 17.8 Å². The first-order valence-corrected chi connectivity index (χ1v) is 6.43. The predicted octanol–water partition coefficient (Wildman–Crippen LogP) is 1.76. The van der Waals surface area contributed by atoms with Gasteiger partial charge in [0.25, 0.3) is 0 Å². The predicted molar refractivity (Wildman–Crippen MR) is 66.5 cm³/mol. The van der Waals surface area contributed by atoms with E-state index in [0.29, 0.717) is 18.0 Å². The summed E-state index contributed by atoms with van der Waals surface area (Å²) < 4.78 is 13.3. The molecule has 3 nitrogen and oxygen atoms in total. The second kappa shape index (κ2) is 7.29. The average Bonchev–Trinajstić information content (AvgIpc) is 2.34. The number of nitrogens with zero attached hydrogens (tertiary/aromatic N) is 1. The van der Waals surface area contributed by atoms with Gasteiger partial charge in [-0.25, -0.2) is 4.39 Å². The van der Waals surface area contributed by atoms with Crippen molar-refractivity contribution in [2.75, 3.05) is 25.4 Å². The van der Waals surface area contributed by atoms with Gasteiger partial charge < -0.3 is 10.0 Å². The molecule has 0 saturated heterocycles. The molecule has 0 spiro atoms. The van der Waals surface area contributed by atoms with Gasteiger partial charge in [-0.1, -0.05) is 12.1 Å². The molecule has 1 rings (SSSR count). The summed E-state index contributed by atoms with van der Waals surface area (Å²) in [5.41, 5.74) is 0. The molecule has 1 N–H and O–H groups in total. The fourth-order valence-electron chi connectivity index (χ4n) is 1.37. The second-order valence-corrected chi connectivity index (χ2v) is 4.43. The van der Waals surface area contributed by atoms with Crippen molar-refractivity contribution in [3.63, 3.8) is 0 Å². The molecule has 0 unspecified atom stereocenters. The molecule has 0 aliphatic rings. The SMILES string of the molecule is CCN(CCO)C(=O)CSc1ccccc1F. The van der Waals surface area contributed by atoms with E-state index in [2.05, 4.69) is 0 Å². The third-order valence-electron chi connectivity index (χ3n) is 2.29. The Kier molecular flexibility index (Phi) is 6.00. The zero-order valence-electron chi connectivity index (χ0n) is 9.73. The number of hydrogen-bond donors (Lipinski definition) is 1. The molecule has 0 fully saturated rings. The summed E-state index contributed by atoms with van der Waals surface area (Å²) in [6.45, 7) is 2.68. The molecule has 17 heavy (non-hydrogen) atoms. The van der Waals surface area contributed by atoms with Gasteiger partial charge in [0.2, 0.25) is 5.91 Å². The van der Waals surface area contributed by atoms with Crippen molar-refractivity contribution in [2.24, 2.45) is 0 Å². The van der Waals surface area contributed by atoms with Crippen LogP contribution < -0.4 is 0 Å². The molecule has 1 aromatic rings.